The third kappa shape index (κ3) is 7.07. The Balaban J connectivity index is 0.000000747. The third-order valence-corrected chi connectivity index (χ3v) is 6.88. The van der Waals surface area contributed by atoms with Crippen molar-refractivity contribution in [2.75, 3.05) is 42.4 Å². The number of fused-ring (bicyclic) bond motifs is 1. The van der Waals surface area contributed by atoms with Gasteiger partial charge in [0.2, 0.25) is 0 Å². The van der Waals surface area contributed by atoms with Crippen LogP contribution in [0.4, 0.5) is 11.4 Å². The molecule has 1 amide bonds. The van der Waals surface area contributed by atoms with Crippen molar-refractivity contribution in [3.8, 4) is 11.4 Å². The van der Waals surface area contributed by atoms with Crippen LogP contribution in [-0.2, 0) is 15.9 Å². The first-order valence-corrected chi connectivity index (χ1v) is 13.2. The monoisotopic (exact) mass is 516 g/mol. The number of nitrogens with one attached hydrogen (secondary N) is 1. The Labute approximate surface area is 222 Å². The van der Waals surface area contributed by atoms with Crippen molar-refractivity contribution in [1.29, 1.82) is 0 Å². The summed E-state index contributed by atoms with van der Waals surface area (Å²) in [5.74, 6) is 1.17. The minimum absolute atomic E-state index is 0.149. The second-order valence-electron chi connectivity index (χ2n) is 8.45. The highest BCUT2D eigenvalue weighted by Gasteiger charge is 2.15. The minimum Gasteiger partial charge on any atom is -0.385 e. The van der Waals surface area contributed by atoms with Gasteiger partial charge in [-0.25, -0.2) is 9.97 Å². The molecule has 1 aliphatic carbocycles. The van der Waals surface area contributed by atoms with Crippen LogP contribution in [0.15, 0.2) is 66.9 Å². The first-order chi connectivity index (χ1) is 18.1. The van der Waals surface area contributed by atoms with Gasteiger partial charge < -0.3 is 19.1 Å². The van der Waals surface area contributed by atoms with Crippen molar-refractivity contribution >= 4 is 35.3 Å². The quantitative estimate of drug-likeness (QED) is 0.422. The zero-order valence-electron chi connectivity index (χ0n) is 21.4. The SMILES string of the molecule is CCOC.Cc1ccc(NC(=O)c2ccc(N3CCOCS3)cc2)cc1-c1ncc2c(n1)CC=CC=C2. The van der Waals surface area contributed by atoms with E-state index in [-0.39, 0.29) is 5.91 Å². The molecule has 0 spiro atoms. The Kier molecular flexibility index (Phi) is 9.48. The van der Waals surface area contributed by atoms with Gasteiger partial charge in [0.25, 0.3) is 5.91 Å². The number of nitrogens with zero attached hydrogens (tertiary/aromatic N) is 3. The Bertz CT molecular complexity index is 1270. The number of amides is 1. The number of anilines is 2. The molecular weight excluding hydrogens is 484 g/mol. The van der Waals surface area contributed by atoms with E-state index in [0.717, 1.165) is 47.6 Å². The van der Waals surface area contributed by atoms with E-state index in [9.17, 15) is 4.79 Å². The molecule has 1 N–H and O–H groups in total. The molecule has 8 heteroatoms. The van der Waals surface area contributed by atoms with Gasteiger partial charge in [-0.15, -0.1) is 0 Å². The molecule has 2 aromatic carbocycles. The molecule has 0 bridgehead atoms. The minimum atomic E-state index is -0.149. The van der Waals surface area contributed by atoms with E-state index in [1.807, 2.05) is 80.7 Å². The highest BCUT2D eigenvalue weighted by molar-refractivity contribution is 8.00. The average molecular weight is 517 g/mol. The van der Waals surface area contributed by atoms with Crippen molar-refractivity contribution in [3.05, 3.63) is 89.3 Å². The number of carbonyl (C=O) groups is 1. The van der Waals surface area contributed by atoms with Crippen LogP contribution in [-0.4, -0.2) is 48.7 Å². The van der Waals surface area contributed by atoms with Crippen LogP contribution in [0.25, 0.3) is 17.5 Å². The van der Waals surface area contributed by atoms with Gasteiger partial charge in [0.1, 0.15) is 5.94 Å². The van der Waals surface area contributed by atoms with Crippen molar-refractivity contribution < 1.29 is 14.3 Å². The molecule has 1 aliphatic heterocycles. The van der Waals surface area contributed by atoms with Crippen LogP contribution in [0.1, 0.15) is 34.1 Å². The fraction of sp³-hybridized carbons (Fsp3) is 0.276. The summed E-state index contributed by atoms with van der Waals surface area (Å²) in [7, 11) is 1.68. The number of carbonyl (C=O) groups excluding carboxylic acids is 1. The summed E-state index contributed by atoms with van der Waals surface area (Å²) in [4.78, 5) is 22.2. The second kappa shape index (κ2) is 13.2. The highest BCUT2D eigenvalue weighted by atomic mass is 32.2. The van der Waals surface area contributed by atoms with Crippen molar-refractivity contribution in [1.82, 2.24) is 9.97 Å². The molecule has 0 saturated carbocycles. The van der Waals surface area contributed by atoms with Gasteiger partial charge in [-0.05, 0) is 67.8 Å². The first-order valence-electron chi connectivity index (χ1n) is 12.3. The van der Waals surface area contributed by atoms with E-state index in [1.165, 1.54) is 0 Å². The fourth-order valence-corrected chi connectivity index (χ4v) is 4.57. The van der Waals surface area contributed by atoms with Gasteiger partial charge in [-0.1, -0.05) is 30.4 Å². The van der Waals surface area contributed by atoms with Crippen LogP contribution in [0.5, 0.6) is 0 Å². The molecular formula is C29H32N4O3S. The van der Waals surface area contributed by atoms with Crippen LogP contribution < -0.4 is 9.62 Å². The van der Waals surface area contributed by atoms with Gasteiger partial charge in [0.05, 0.1) is 18.8 Å². The number of ether oxygens (including phenoxy) is 2. The number of hydrogen-bond acceptors (Lipinski definition) is 7. The first kappa shape index (κ1) is 26.6. The molecule has 2 heterocycles. The van der Waals surface area contributed by atoms with Crippen molar-refractivity contribution in [3.63, 3.8) is 0 Å². The van der Waals surface area contributed by atoms with Crippen LogP contribution in [0.2, 0.25) is 0 Å². The zero-order valence-corrected chi connectivity index (χ0v) is 22.3. The lowest BCUT2D eigenvalue weighted by Crippen LogP contribution is -2.26. The maximum absolute atomic E-state index is 12.9. The highest BCUT2D eigenvalue weighted by Crippen LogP contribution is 2.27. The van der Waals surface area contributed by atoms with E-state index in [0.29, 0.717) is 29.6 Å². The number of rotatable bonds is 5. The smallest absolute Gasteiger partial charge is 0.255 e. The lowest BCUT2D eigenvalue weighted by molar-refractivity contribution is 0.102. The topological polar surface area (TPSA) is 76.6 Å². The molecule has 192 valence electrons. The molecule has 5 rings (SSSR count). The molecule has 7 nitrogen and oxygen atoms in total. The number of hydrogen-bond donors (Lipinski definition) is 1. The molecule has 1 saturated heterocycles. The molecule has 37 heavy (non-hydrogen) atoms. The normalized spacial score (nSPS) is 14.3. The zero-order chi connectivity index (χ0) is 26.0. The number of aryl methyl sites for hydroxylation is 1. The Morgan fingerprint density at radius 3 is 2.73 bits per heavy atom. The standard InChI is InChI=1S/C26H24N4O2S.C3H8O/c1-18-7-10-21(15-23(18)25-27-16-20-5-3-2-4-6-24(20)29-25)28-26(31)19-8-11-22(12-9-19)30-13-14-32-17-33-30;1-3-4-2/h2-5,7-12,15-16H,6,13-14,17H2,1H3,(H,28,31);3H2,1-2H3. The third-order valence-electron chi connectivity index (χ3n) is 5.91. The van der Waals surface area contributed by atoms with Crippen LogP contribution in [0.3, 0.4) is 0 Å². The van der Waals surface area contributed by atoms with Crippen molar-refractivity contribution in [2.45, 2.75) is 20.3 Å². The van der Waals surface area contributed by atoms with Crippen LogP contribution in [0, 0.1) is 6.92 Å². The van der Waals surface area contributed by atoms with E-state index >= 15 is 0 Å². The lowest BCUT2D eigenvalue weighted by atomic mass is 10.1. The predicted molar refractivity (Wildman–Crippen MR) is 152 cm³/mol. The van der Waals surface area contributed by atoms with E-state index in [2.05, 4.69) is 25.4 Å². The summed E-state index contributed by atoms with van der Waals surface area (Å²) >= 11 is 1.63. The lowest BCUT2D eigenvalue weighted by Gasteiger charge is -2.27. The van der Waals surface area contributed by atoms with E-state index in [4.69, 9.17) is 9.72 Å². The Hall–Kier alpha value is -3.46. The van der Waals surface area contributed by atoms with Gasteiger partial charge >= 0.3 is 0 Å². The summed E-state index contributed by atoms with van der Waals surface area (Å²) in [6.45, 7) is 6.35. The Morgan fingerprint density at radius 1 is 1.19 bits per heavy atom. The summed E-state index contributed by atoms with van der Waals surface area (Å²) in [5.41, 5.74) is 6.39. The summed E-state index contributed by atoms with van der Waals surface area (Å²) < 4.78 is 12.1. The molecule has 0 atom stereocenters. The van der Waals surface area contributed by atoms with E-state index < -0.39 is 0 Å². The molecule has 0 unspecified atom stereocenters. The van der Waals surface area contributed by atoms with Gasteiger partial charge in [-0.3, -0.25) is 4.79 Å². The molecule has 3 aromatic rings. The number of aromatic nitrogens is 2. The average Bonchev–Trinajstić information content (AvgIpc) is 3.20. The summed E-state index contributed by atoms with van der Waals surface area (Å²) in [6, 6.07) is 13.5. The fourth-order valence-electron chi connectivity index (χ4n) is 3.77. The summed E-state index contributed by atoms with van der Waals surface area (Å²) in [6.07, 6.45) is 10.8. The van der Waals surface area contributed by atoms with Gasteiger partial charge in [0, 0.05) is 54.4 Å². The largest absolute Gasteiger partial charge is 0.385 e. The maximum atomic E-state index is 12.9. The maximum Gasteiger partial charge on any atom is 0.255 e. The van der Waals surface area contributed by atoms with Gasteiger partial charge in [-0.2, -0.15) is 0 Å². The second-order valence-corrected chi connectivity index (χ2v) is 9.39. The number of benzene rings is 2. The van der Waals surface area contributed by atoms with Crippen LogP contribution >= 0.6 is 11.9 Å². The van der Waals surface area contributed by atoms with Crippen molar-refractivity contribution in [2.24, 2.45) is 0 Å². The molecule has 1 aromatic heterocycles. The number of methoxy groups -OCH3 is 1. The molecule has 0 radical (unpaired) electrons. The Morgan fingerprint density at radius 2 is 2.00 bits per heavy atom. The summed E-state index contributed by atoms with van der Waals surface area (Å²) in [5, 5.41) is 3.01. The number of allylic oxidation sites excluding steroid dienone is 3. The van der Waals surface area contributed by atoms with Gasteiger partial charge in [0.15, 0.2) is 5.82 Å². The predicted octanol–water partition coefficient (Wildman–Crippen LogP) is 5.92. The molecule has 1 fully saturated rings. The molecule has 2 aliphatic rings. The van der Waals surface area contributed by atoms with E-state index in [1.54, 1.807) is 19.1 Å².